The van der Waals surface area contributed by atoms with E-state index in [1.165, 1.54) is 0 Å². The van der Waals surface area contributed by atoms with Gasteiger partial charge in [0.2, 0.25) is 0 Å². The second kappa shape index (κ2) is 8.25. The Kier molecular flexibility index (Phi) is 5.81. The number of amides is 1. The predicted molar refractivity (Wildman–Crippen MR) is 95.2 cm³/mol. The van der Waals surface area contributed by atoms with E-state index >= 15 is 0 Å². The van der Waals surface area contributed by atoms with Crippen molar-refractivity contribution in [3.63, 3.8) is 0 Å². The molecule has 0 spiro atoms. The fourth-order valence-electron chi connectivity index (χ4n) is 3.41. The van der Waals surface area contributed by atoms with Gasteiger partial charge >= 0.3 is 5.97 Å². The molecule has 0 bridgehead atoms. The predicted octanol–water partition coefficient (Wildman–Crippen LogP) is 2.04. The number of carbonyl (C=O) groups is 2. The van der Waals surface area contributed by atoms with Crippen molar-refractivity contribution in [2.24, 2.45) is 5.10 Å². The van der Waals surface area contributed by atoms with Crippen LogP contribution < -0.4 is 0 Å². The molecule has 0 aromatic heterocycles. The van der Waals surface area contributed by atoms with Gasteiger partial charge in [-0.25, -0.2) is 5.01 Å². The lowest BCUT2D eigenvalue weighted by molar-refractivity contribution is -0.152. The Bertz CT molecular complexity index is 645. The summed E-state index contributed by atoms with van der Waals surface area (Å²) >= 11 is 0. The van der Waals surface area contributed by atoms with E-state index in [4.69, 9.17) is 4.74 Å². The minimum Gasteiger partial charge on any atom is -0.465 e. The zero-order valence-corrected chi connectivity index (χ0v) is 14.7. The number of piperidine rings is 1. The van der Waals surface area contributed by atoms with Crippen LogP contribution in [-0.2, 0) is 14.3 Å². The molecule has 1 atom stereocenters. The zero-order valence-electron chi connectivity index (χ0n) is 14.7. The zero-order chi connectivity index (χ0) is 17.6. The number of esters is 1. The maximum absolute atomic E-state index is 12.6. The number of ether oxygens (including phenoxy) is 1. The van der Waals surface area contributed by atoms with Crippen LogP contribution in [0.2, 0.25) is 0 Å². The van der Waals surface area contributed by atoms with Crippen LogP contribution in [0.5, 0.6) is 0 Å². The molecule has 1 aromatic carbocycles. The molecule has 1 fully saturated rings. The van der Waals surface area contributed by atoms with Gasteiger partial charge in [-0.15, -0.1) is 0 Å². The topological polar surface area (TPSA) is 62.2 Å². The molecule has 1 amide bonds. The molecule has 1 aromatic rings. The monoisotopic (exact) mass is 343 g/mol. The Labute approximate surface area is 148 Å². The summed E-state index contributed by atoms with van der Waals surface area (Å²) in [5.74, 6) is -0.271. The summed E-state index contributed by atoms with van der Waals surface area (Å²) in [7, 11) is 0. The largest absolute Gasteiger partial charge is 0.465 e. The molecule has 3 rings (SSSR count). The normalized spacial score (nSPS) is 21.1. The smallest absolute Gasteiger partial charge is 0.323 e. The van der Waals surface area contributed by atoms with Crippen molar-refractivity contribution in [3.8, 4) is 0 Å². The molecule has 6 heteroatoms. The van der Waals surface area contributed by atoms with Crippen molar-refractivity contribution in [1.29, 1.82) is 0 Å². The second-order valence-electron chi connectivity index (χ2n) is 6.41. The molecular formula is C19H25N3O3. The van der Waals surface area contributed by atoms with Gasteiger partial charge in [-0.05, 0) is 31.9 Å². The van der Waals surface area contributed by atoms with Crippen molar-refractivity contribution < 1.29 is 14.3 Å². The van der Waals surface area contributed by atoms with Crippen molar-refractivity contribution in [2.75, 3.05) is 26.2 Å². The molecule has 1 saturated heterocycles. The maximum Gasteiger partial charge on any atom is 0.323 e. The van der Waals surface area contributed by atoms with Crippen LogP contribution >= 0.6 is 0 Å². The van der Waals surface area contributed by atoms with Crippen LogP contribution in [0.3, 0.4) is 0 Å². The third kappa shape index (κ3) is 4.25. The van der Waals surface area contributed by atoms with E-state index in [1.807, 2.05) is 35.2 Å². The number of likely N-dealkylation sites (tertiary alicyclic amines) is 1. The summed E-state index contributed by atoms with van der Waals surface area (Å²) in [5.41, 5.74) is 2.00. The van der Waals surface area contributed by atoms with Gasteiger partial charge < -0.3 is 4.74 Å². The van der Waals surface area contributed by atoms with E-state index in [1.54, 1.807) is 11.9 Å². The van der Waals surface area contributed by atoms with Gasteiger partial charge in [0.1, 0.15) is 6.04 Å². The average Bonchev–Trinajstić information content (AvgIpc) is 3.13. The van der Waals surface area contributed by atoms with Gasteiger partial charge in [-0.2, -0.15) is 5.10 Å². The SMILES string of the molecule is CCOC(=O)C1CCCCN1CC(=O)N1CCC(c2ccccc2)=N1. The number of carbonyl (C=O) groups excluding carboxylic acids is 2. The highest BCUT2D eigenvalue weighted by molar-refractivity contribution is 6.02. The average molecular weight is 343 g/mol. The quantitative estimate of drug-likeness (QED) is 0.768. The Morgan fingerprint density at radius 2 is 2.00 bits per heavy atom. The summed E-state index contributed by atoms with van der Waals surface area (Å²) in [5, 5.41) is 6.03. The molecule has 134 valence electrons. The number of hydrogen-bond acceptors (Lipinski definition) is 5. The molecular weight excluding hydrogens is 318 g/mol. The van der Waals surface area contributed by atoms with Gasteiger partial charge in [0.15, 0.2) is 0 Å². The third-order valence-corrected chi connectivity index (χ3v) is 4.71. The summed E-state index contributed by atoms with van der Waals surface area (Å²) in [6.07, 6.45) is 3.51. The minimum atomic E-state index is -0.308. The Hall–Kier alpha value is -2.21. The van der Waals surface area contributed by atoms with Crippen LogP contribution in [0.25, 0.3) is 0 Å². The van der Waals surface area contributed by atoms with Gasteiger partial charge in [-0.1, -0.05) is 36.8 Å². The molecule has 25 heavy (non-hydrogen) atoms. The Morgan fingerprint density at radius 1 is 1.20 bits per heavy atom. The highest BCUT2D eigenvalue weighted by atomic mass is 16.5. The lowest BCUT2D eigenvalue weighted by Crippen LogP contribution is -2.49. The number of nitrogens with zero attached hydrogens (tertiary/aromatic N) is 3. The van der Waals surface area contributed by atoms with Gasteiger partial charge in [-0.3, -0.25) is 14.5 Å². The highest BCUT2D eigenvalue weighted by Gasteiger charge is 2.32. The number of hydrazone groups is 1. The lowest BCUT2D eigenvalue weighted by atomic mass is 10.0. The van der Waals surface area contributed by atoms with Crippen LogP contribution in [0, 0.1) is 0 Å². The number of benzene rings is 1. The van der Waals surface area contributed by atoms with Gasteiger partial charge in [0.05, 0.1) is 25.4 Å². The summed E-state index contributed by atoms with van der Waals surface area (Å²) in [6, 6.07) is 9.62. The van der Waals surface area contributed by atoms with E-state index in [2.05, 4.69) is 5.10 Å². The second-order valence-corrected chi connectivity index (χ2v) is 6.41. The van der Waals surface area contributed by atoms with Crippen LogP contribution in [0.1, 0.15) is 38.2 Å². The van der Waals surface area contributed by atoms with Crippen molar-refractivity contribution >= 4 is 17.6 Å². The first-order chi connectivity index (χ1) is 12.2. The Balaban J connectivity index is 1.63. The molecule has 2 aliphatic heterocycles. The lowest BCUT2D eigenvalue weighted by Gasteiger charge is -2.33. The van der Waals surface area contributed by atoms with Crippen molar-refractivity contribution in [2.45, 2.75) is 38.6 Å². The van der Waals surface area contributed by atoms with Crippen molar-refractivity contribution in [1.82, 2.24) is 9.91 Å². The molecule has 2 heterocycles. The van der Waals surface area contributed by atoms with Crippen molar-refractivity contribution in [3.05, 3.63) is 35.9 Å². The first-order valence-corrected chi connectivity index (χ1v) is 9.03. The first kappa shape index (κ1) is 17.6. The third-order valence-electron chi connectivity index (χ3n) is 4.71. The molecule has 6 nitrogen and oxygen atoms in total. The molecule has 2 aliphatic rings. The van der Waals surface area contributed by atoms with Crippen LogP contribution in [0.15, 0.2) is 35.4 Å². The maximum atomic E-state index is 12.6. The van der Waals surface area contributed by atoms with Gasteiger partial charge in [0, 0.05) is 6.42 Å². The highest BCUT2D eigenvalue weighted by Crippen LogP contribution is 2.20. The van der Waals surface area contributed by atoms with Crippen LogP contribution in [0.4, 0.5) is 0 Å². The van der Waals surface area contributed by atoms with E-state index in [0.717, 1.165) is 43.5 Å². The molecule has 0 N–H and O–H groups in total. The molecule has 0 saturated carbocycles. The Morgan fingerprint density at radius 3 is 2.76 bits per heavy atom. The molecule has 0 aliphatic carbocycles. The molecule has 0 radical (unpaired) electrons. The number of hydrogen-bond donors (Lipinski definition) is 0. The van der Waals surface area contributed by atoms with E-state index in [-0.39, 0.29) is 24.5 Å². The summed E-state index contributed by atoms with van der Waals surface area (Å²) in [6.45, 7) is 3.74. The molecule has 1 unspecified atom stereocenters. The summed E-state index contributed by atoms with van der Waals surface area (Å²) < 4.78 is 5.16. The minimum absolute atomic E-state index is 0.0536. The fraction of sp³-hybridized carbons (Fsp3) is 0.526. The fourth-order valence-corrected chi connectivity index (χ4v) is 3.41. The van der Waals surface area contributed by atoms with Crippen LogP contribution in [-0.4, -0.2) is 59.8 Å². The van der Waals surface area contributed by atoms with E-state index < -0.39 is 0 Å². The number of rotatable bonds is 5. The summed E-state index contributed by atoms with van der Waals surface area (Å²) in [4.78, 5) is 26.7. The van der Waals surface area contributed by atoms with E-state index in [0.29, 0.717) is 13.2 Å². The van der Waals surface area contributed by atoms with E-state index in [9.17, 15) is 9.59 Å². The standard InChI is InChI=1S/C19H25N3O3/c1-2-25-19(24)17-10-6-7-12-21(17)14-18(23)22-13-11-16(20-22)15-8-4-3-5-9-15/h3-5,8-9,17H,2,6-7,10-14H2,1H3. The first-order valence-electron chi connectivity index (χ1n) is 9.03. The van der Waals surface area contributed by atoms with Gasteiger partial charge in [0.25, 0.3) is 5.91 Å².